The largest absolute Gasteiger partial charge is 0.508 e. The highest BCUT2D eigenvalue weighted by Crippen LogP contribution is 2.45. The number of aromatic hydroxyl groups is 1. The molecular formula is C27H38FN5O2. The van der Waals surface area contributed by atoms with Gasteiger partial charge in [0.1, 0.15) is 17.7 Å². The Morgan fingerprint density at radius 1 is 1.26 bits per heavy atom. The lowest BCUT2D eigenvalue weighted by molar-refractivity contribution is 0.135. The molecule has 0 radical (unpaired) electrons. The third-order valence-corrected chi connectivity index (χ3v) is 8.09. The first kappa shape index (κ1) is 24.4. The number of alkyl halides is 1. The molecule has 0 amide bonds. The Morgan fingerprint density at radius 2 is 2.14 bits per heavy atom. The van der Waals surface area contributed by atoms with E-state index in [-0.39, 0.29) is 29.7 Å². The Kier molecular flexibility index (Phi) is 7.53. The molecule has 3 heterocycles. The summed E-state index contributed by atoms with van der Waals surface area (Å²) in [6.07, 6.45) is 7.77. The van der Waals surface area contributed by atoms with E-state index in [1.807, 2.05) is 12.3 Å². The lowest BCUT2D eigenvalue weighted by Crippen LogP contribution is -2.45. The molecule has 1 aromatic heterocycles. The summed E-state index contributed by atoms with van der Waals surface area (Å²) < 4.78 is 21.0. The smallest absolute Gasteiger partial charge is 0.125 e. The van der Waals surface area contributed by atoms with E-state index in [4.69, 9.17) is 9.72 Å². The quantitative estimate of drug-likeness (QED) is 0.427. The van der Waals surface area contributed by atoms with Crippen molar-refractivity contribution in [1.82, 2.24) is 25.7 Å². The number of fused-ring (bicyclic) bond motifs is 1. The van der Waals surface area contributed by atoms with E-state index in [0.717, 1.165) is 81.0 Å². The van der Waals surface area contributed by atoms with E-state index in [9.17, 15) is 5.11 Å². The maximum absolute atomic E-state index is 15.8. The average molecular weight is 484 g/mol. The summed E-state index contributed by atoms with van der Waals surface area (Å²) >= 11 is 0. The highest BCUT2D eigenvalue weighted by atomic mass is 19.1. The fourth-order valence-corrected chi connectivity index (χ4v) is 6.16. The Bertz CT molecular complexity index is 1040. The summed E-state index contributed by atoms with van der Waals surface area (Å²) in [6.45, 7) is 5.90. The third kappa shape index (κ3) is 5.03. The molecule has 7 nitrogen and oxygen atoms in total. The van der Waals surface area contributed by atoms with Gasteiger partial charge in [0.05, 0.1) is 24.0 Å². The maximum Gasteiger partial charge on any atom is 0.125 e. The van der Waals surface area contributed by atoms with Crippen LogP contribution in [0.2, 0.25) is 0 Å². The number of aromatic amines is 1. The molecular weight excluding hydrogens is 445 g/mol. The van der Waals surface area contributed by atoms with Crippen LogP contribution in [0.5, 0.6) is 5.75 Å². The molecule has 1 aromatic carbocycles. The zero-order valence-corrected chi connectivity index (χ0v) is 20.8. The van der Waals surface area contributed by atoms with Crippen molar-refractivity contribution in [2.45, 2.75) is 63.2 Å². The molecule has 1 saturated carbocycles. The van der Waals surface area contributed by atoms with Crippen molar-refractivity contribution in [1.29, 1.82) is 0 Å². The van der Waals surface area contributed by atoms with Crippen LogP contribution < -0.4 is 10.9 Å². The summed E-state index contributed by atoms with van der Waals surface area (Å²) in [4.78, 5) is 10.7. The maximum atomic E-state index is 15.8. The van der Waals surface area contributed by atoms with Crippen LogP contribution in [0.3, 0.4) is 0 Å². The SMILES string of the molecule is CCc1cc(O)ccc1C1CCC2C(c3ncc(C4=CCN(CCCOC)CC4)[nH]3)NNC2C1F. The van der Waals surface area contributed by atoms with Crippen molar-refractivity contribution in [3.8, 4) is 5.75 Å². The van der Waals surface area contributed by atoms with Crippen molar-refractivity contribution in [2.24, 2.45) is 5.92 Å². The lowest BCUT2D eigenvalue weighted by atomic mass is 9.71. The van der Waals surface area contributed by atoms with Gasteiger partial charge in [0.25, 0.3) is 0 Å². The number of benzene rings is 1. The zero-order valence-electron chi connectivity index (χ0n) is 20.8. The van der Waals surface area contributed by atoms with E-state index >= 15 is 4.39 Å². The third-order valence-electron chi connectivity index (χ3n) is 8.09. The molecule has 8 heteroatoms. The summed E-state index contributed by atoms with van der Waals surface area (Å²) in [5.41, 5.74) is 11.0. The van der Waals surface area contributed by atoms with Gasteiger partial charge in [0, 0.05) is 45.2 Å². The normalized spacial score (nSPS) is 29.2. The van der Waals surface area contributed by atoms with Gasteiger partial charge < -0.3 is 14.8 Å². The van der Waals surface area contributed by atoms with Crippen molar-refractivity contribution in [3.63, 3.8) is 0 Å². The number of aryl methyl sites for hydroxylation is 1. The Hall–Kier alpha value is -2.26. The Labute approximate surface area is 207 Å². The predicted molar refractivity (Wildman–Crippen MR) is 135 cm³/mol. The minimum atomic E-state index is -0.999. The summed E-state index contributed by atoms with van der Waals surface area (Å²) in [5.74, 6) is 1.11. The summed E-state index contributed by atoms with van der Waals surface area (Å²) in [7, 11) is 1.75. The molecule has 3 aliphatic rings. The number of halogens is 1. The van der Waals surface area contributed by atoms with Crippen molar-refractivity contribution >= 4 is 5.57 Å². The van der Waals surface area contributed by atoms with Gasteiger partial charge in [-0.05, 0) is 60.9 Å². The van der Waals surface area contributed by atoms with Gasteiger partial charge in [0.15, 0.2) is 0 Å². The number of methoxy groups -OCH3 is 1. The zero-order chi connectivity index (χ0) is 24.4. The molecule has 4 N–H and O–H groups in total. The van der Waals surface area contributed by atoms with E-state index in [0.29, 0.717) is 0 Å². The molecule has 5 unspecified atom stereocenters. The number of phenolic OH excluding ortho intramolecular Hbond substituents is 1. The Morgan fingerprint density at radius 3 is 2.91 bits per heavy atom. The van der Waals surface area contributed by atoms with E-state index in [2.05, 4.69) is 33.7 Å². The standard InChI is InChI=1S/C27H38FN5O2/c1-3-17-15-19(34)5-6-20(17)21-7-8-22-25(24(21)28)31-32-26(22)27-29-16-23(30-27)18-9-12-33(13-10-18)11-4-14-35-2/h5-6,9,15-16,21-22,24-26,31-32,34H,3-4,7-8,10-14H2,1-2H3,(H,29,30). The minimum absolute atomic E-state index is 0.0341. The summed E-state index contributed by atoms with van der Waals surface area (Å²) in [5, 5.41) is 9.86. The van der Waals surface area contributed by atoms with E-state index in [1.165, 1.54) is 5.57 Å². The van der Waals surface area contributed by atoms with Crippen molar-refractivity contribution < 1.29 is 14.2 Å². The molecule has 35 heavy (non-hydrogen) atoms. The molecule has 1 saturated heterocycles. The number of aromatic nitrogens is 2. The van der Waals surface area contributed by atoms with Crippen LogP contribution in [0.25, 0.3) is 5.57 Å². The number of nitrogens with zero attached hydrogens (tertiary/aromatic N) is 2. The average Bonchev–Trinajstić information content (AvgIpc) is 3.53. The second-order valence-electron chi connectivity index (χ2n) is 10.1. The monoisotopic (exact) mass is 483 g/mol. The van der Waals surface area contributed by atoms with Gasteiger partial charge in [0.2, 0.25) is 0 Å². The number of H-pyrrole nitrogens is 1. The van der Waals surface area contributed by atoms with Crippen LogP contribution in [0, 0.1) is 5.92 Å². The van der Waals surface area contributed by atoms with Crippen LogP contribution in [0.4, 0.5) is 4.39 Å². The number of hydrogen-bond donors (Lipinski definition) is 4. The first-order valence-electron chi connectivity index (χ1n) is 13.0. The van der Waals surface area contributed by atoms with Gasteiger partial charge in [-0.15, -0.1) is 0 Å². The Balaban J connectivity index is 1.24. The second kappa shape index (κ2) is 10.8. The first-order chi connectivity index (χ1) is 17.1. The number of rotatable bonds is 8. The topological polar surface area (TPSA) is 85.4 Å². The van der Waals surface area contributed by atoms with E-state index < -0.39 is 6.17 Å². The first-order valence-corrected chi connectivity index (χ1v) is 13.0. The number of imidazole rings is 1. The second-order valence-corrected chi connectivity index (χ2v) is 10.1. The molecule has 0 bridgehead atoms. The minimum Gasteiger partial charge on any atom is -0.508 e. The number of nitrogens with one attached hydrogen (secondary N) is 3. The van der Waals surface area contributed by atoms with E-state index in [1.54, 1.807) is 19.2 Å². The van der Waals surface area contributed by atoms with Gasteiger partial charge in [-0.2, -0.15) is 0 Å². The van der Waals surface area contributed by atoms with Crippen LogP contribution in [-0.2, 0) is 11.2 Å². The van der Waals surface area contributed by atoms with Crippen LogP contribution in [-0.4, -0.2) is 65.5 Å². The van der Waals surface area contributed by atoms with Gasteiger partial charge in [-0.25, -0.2) is 14.8 Å². The molecule has 2 aromatic rings. The highest BCUT2D eigenvalue weighted by Gasteiger charge is 2.48. The highest BCUT2D eigenvalue weighted by molar-refractivity contribution is 5.63. The predicted octanol–water partition coefficient (Wildman–Crippen LogP) is 3.85. The van der Waals surface area contributed by atoms with Crippen LogP contribution in [0.1, 0.15) is 67.2 Å². The molecule has 5 atom stereocenters. The fourth-order valence-electron chi connectivity index (χ4n) is 6.16. The van der Waals surface area contributed by atoms with Crippen LogP contribution in [0.15, 0.2) is 30.5 Å². The molecule has 190 valence electrons. The van der Waals surface area contributed by atoms with Crippen molar-refractivity contribution in [2.75, 3.05) is 33.4 Å². The molecule has 2 fully saturated rings. The number of phenols is 1. The van der Waals surface area contributed by atoms with Crippen LogP contribution >= 0.6 is 0 Å². The number of ether oxygens (including phenoxy) is 1. The van der Waals surface area contributed by atoms with Crippen molar-refractivity contribution in [3.05, 3.63) is 53.1 Å². The summed E-state index contributed by atoms with van der Waals surface area (Å²) in [6, 6.07) is 5.06. The molecule has 0 spiro atoms. The molecule has 2 aliphatic heterocycles. The van der Waals surface area contributed by atoms with Gasteiger partial charge >= 0.3 is 0 Å². The number of hydrogen-bond acceptors (Lipinski definition) is 6. The van der Waals surface area contributed by atoms with Gasteiger partial charge in [-0.3, -0.25) is 10.3 Å². The lowest BCUT2D eigenvalue weighted by Gasteiger charge is -2.36. The van der Waals surface area contributed by atoms with Gasteiger partial charge in [-0.1, -0.05) is 19.1 Å². The fraction of sp³-hybridized carbons (Fsp3) is 0.593. The molecule has 5 rings (SSSR count). The molecule has 1 aliphatic carbocycles. The number of hydrazine groups is 1.